The van der Waals surface area contributed by atoms with Crippen LogP contribution in [0.4, 0.5) is 0 Å². The molecule has 6 N–H and O–H groups in total. The van der Waals surface area contributed by atoms with Gasteiger partial charge < -0.3 is 44.8 Å². The Bertz CT molecular complexity index is 1560. The maximum absolute atomic E-state index is 14.9. The zero-order valence-electron chi connectivity index (χ0n) is 30.9. The SMILES string of the molecule is CC(=O)O[C@@H]1C[C@@]2(C)[C@@H]3CC=C4[C@@H](C=C(O[C@@H]5O[C@H](CO)[C@@H](O)[C@H](O)[C@H]5O)C(=O)C4(C)C)[C@]3(C)C(=O)C[C@]2(C)[C@H]1[C@@](C)(O)C(=O)/C=C/C(C)(C)O. The molecule has 2 saturated carbocycles. The fourth-order valence-corrected chi connectivity index (χ4v) is 10.2. The van der Waals surface area contributed by atoms with Gasteiger partial charge in [0.1, 0.15) is 41.9 Å². The van der Waals surface area contributed by atoms with E-state index in [9.17, 15) is 49.8 Å². The van der Waals surface area contributed by atoms with Gasteiger partial charge in [0.2, 0.25) is 12.1 Å². The molecule has 0 radical (unpaired) electrons. The Morgan fingerprint density at radius 2 is 1.63 bits per heavy atom. The van der Waals surface area contributed by atoms with Crippen molar-refractivity contribution in [1.82, 2.24) is 0 Å². The summed E-state index contributed by atoms with van der Waals surface area (Å²) in [6.07, 6.45) is -2.49. The average Bonchev–Trinajstić information content (AvgIpc) is 3.24. The molecule has 5 rings (SSSR count). The van der Waals surface area contributed by atoms with Gasteiger partial charge in [-0.3, -0.25) is 19.2 Å². The number of Topliss-reactive ketones (excluding diaryl/α,β-unsaturated/α-hetero) is 2. The standard InChI is InChI=1S/C38H54O13/c1-18(40)49-22-15-35(6)24-11-10-19-20(14-21(31(46)34(19,4)5)50-32-29(45)28(44)27(43)23(17-39)51-32)37(24,8)26(42)16-36(35,7)30(22)38(9,48)25(41)12-13-33(2,3)47/h10,12-14,20,22-24,27-30,32,39,43-45,47-48H,11,15-17H2,1-9H3/b13-12+/t20-,22-,23-,24+,27-,28+,29-,30+,32-,35+,36-,37+,38+/m1/s1. The van der Waals surface area contributed by atoms with Crippen LogP contribution in [0.2, 0.25) is 0 Å². The molecule has 0 aromatic rings. The predicted octanol–water partition coefficient (Wildman–Crippen LogP) is 1.45. The second kappa shape index (κ2) is 12.7. The Hall–Kier alpha value is -2.78. The van der Waals surface area contributed by atoms with Gasteiger partial charge in [0, 0.05) is 30.6 Å². The Balaban J connectivity index is 1.59. The molecule has 13 nitrogen and oxygen atoms in total. The quantitative estimate of drug-likeness (QED) is 0.119. The lowest BCUT2D eigenvalue weighted by atomic mass is 9.39. The molecule has 51 heavy (non-hydrogen) atoms. The van der Waals surface area contributed by atoms with Gasteiger partial charge >= 0.3 is 5.97 Å². The molecule has 3 fully saturated rings. The lowest BCUT2D eigenvalue weighted by Crippen LogP contribution is -2.64. The summed E-state index contributed by atoms with van der Waals surface area (Å²) < 4.78 is 17.3. The first kappa shape index (κ1) is 39.4. The van der Waals surface area contributed by atoms with E-state index in [1.807, 2.05) is 26.8 Å². The zero-order chi connectivity index (χ0) is 38.4. The van der Waals surface area contributed by atoms with Crippen molar-refractivity contribution in [2.24, 2.45) is 39.4 Å². The van der Waals surface area contributed by atoms with Gasteiger partial charge in [-0.1, -0.05) is 38.5 Å². The molecular weight excluding hydrogens is 664 g/mol. The molecule has 0 unspecified atom stereocenters. The Kier molecular flexibility index (Phi) is 9.80. The van der Waals surface area contributed by atoms with Gasteiger partial charge in [0.05, 0.1) is 17.6 Å². The lowest BCUT2D eigenvalue weighted by Gasteiger charge is -2.63. The minimum absolute atomic E-state index is 0.0908. The fourth-order valence-electron chi connectivity index (χ4n) is 10.2. The van der Waals surface area contributed by atoms with Gasteiger partial charge in [-0.05, 0) is 76.4 Å². The monoisotopic (exact) mass is 718 g/mol. The zero-order valence-corrected chi connectivity index (χ0v) is 30.9. The van der Waals surface area contributed by atoms with Crippen molar-refractivity contribution >= 4 is 23.3 Å². The summed E-state index contributed by atoms with van der Waals surface area (Å²) in [5, 5.41) is 63.3. The fraction of sp³-hybridized carbons (Fsp3) is 0.737. The Morgan fingerprint density at radius 3 is 2.20 bits per heavy atom. The van der Waals surface area contributed by atoms with Crippen LogP contribution in [0.25, 0.3) is 0 Å². The molecule has 0 spiro atoms. The van der Waals surface area contributed by atoms with Crippen molar-refractivity contribution in [2.75, 3.05) is 6.61 Å². The van der Waals surface area contributed by atoms with E-state index in [-0.39, 0.29) is 24.4 Å². The largest absolute Gasteiger partial charge is 0.462 e. The summed E-state index contributed by atoms with van der Waals surface area (Å²) in [4.78, 5) is 55.0. The van der Waals surface area contributed by atoms with Crippen LogP contribution >= 0.6 is 0 Å². The molecule has 0 aromatic carbocycles. The summed E-state index contributed by atoms with van der Waals surface area (Å²) in [6, 6.07) is 0. The van der Waals surface area contributed by atoms with Gasteiger partial charge in [-0.25, -0.2) is 0 Å². The van der Waals surface area contributed by atoms with Gasteiger partial charge in [-0.15, -0.1) is 0 Å². The van der Waals surface area contributed by atoms with Crippen LogP contribution in [0.5, 0.6) is 0 Å². The topological polar surface area (TPSA) is 217 Å². The third-order valence-corrected chi connectivity index (χ3v) is 13.2. The molecule has 5 aliphatic rings. The van der Waals surface area contributed by atoms with E-state index in [1.54, 1.807) is 19.9 Å². The number of carbonyl (C=O) groups is 4. The number of esters is 1. The van der Waals surface area contributed by atoms with Crippen LogP contribution < -0.4 is 0 Å². The second-order valence-electron chi connectivity index (χ2n) is 17.3. The van der Waals surface area contributed by atoms with Crippen molar-refractivity contribution in [2.45, 2.75) is 130 Å². The van der Waals surface area contributed by atoms with E-state index < -0.39 is 112 Å². The molecule has 0 aromatic heterocycles. The highest BCUT2D eigenvalue weighted by molar-refractivity contribution is 6.02. The average molecular weight is 719 g/mol. The molecule has 1 aliphatic heterocycles. The number of fused-ring (bicyclic) bond motifs is 5. The Labute approximate surface area is 298 Å². The maximum Gasteiger partial charge on any atom is 0.302 e. The summed E-state index contributed by atoms with van der Waals surface area (Å²) in [5.74, 6) is -4.24. The molecule has 4 aliphatic carbocycles. The smallest absolute Gasteiger partial charge is 0.302 e. The van der Waals surface area contributed by atoms with E-state index in [0.29, 0.717) is 12.0 Å². The molecule has 1 heterocycles. The third kappa shape index (κ3) is 5.97. The number of allylic oxidation sites excluding steroid dienone is 4. The highest BCUT2D eigenvalue weighted by Gasteiger charge is 2.75. The highest BCUT2D eigenvalue weighted by atomic mass is 16.7. The van der Waals surface area contributed by atoms with E-state index in [4.69, 9.17) is 14.2 Å². The number of rotatable bonds is 8. The maximum atomic E-state index is 14.9. The minimum Gasteiger partial charge on any atom is -0.462 e. The van der Waals surface area contributed by atoms with Gasteiger partial charge in [-0.2, -0.15) is 0 Å². The van der Waals surface area contributed by atoms with Crippen LogP contribution in [0, 0.1) is 39.4 Å². The van der Waals surface area contributed by atoms with Crippen molar-refractivity contribution in [3.63, 3.8) is 0 Å². The normalized spacial score (nSPS) is 43.3. The van der Waals surface area contributed by atoms with Crippen molar-refractivity contribution in [3.05, 3.63) is 35.6 Å². The first-order valence-corrected chi connectivity index (χ1v) is 17.6. The number of aliphatic hydroxyl groups is 6. The summed E-state index contributed by atoms with van der Waals surface area (Å²) in [7, 11) is 0. The predicted molar refractivity (Wildman–Crippen MR) is 180 cm³/mol. The van der Waals surface area contributed by atoms with Crippen LogP contribution in [0.3, 0.4) is 0 Å². The van der Waals surface area contributed by atoms with E-state index in [1.165, 1.54) is 33.8 Å². The van der Waals surface area contributed by atoms with Crippen molar-refractivity contribution < 1.29 is 64.0 Å². The van der Waals surface area contributed by atoms with Crippen molar-refractivity contribution in [3.8, 4) is 0 Å². The first-order valence-electron chi connectivity index (χ1n) is 17.6. The van der Waals surface area contributed by atoms with Crippen LogP contribution in [0.15, 0.2) is 35.6 Å². The minimum atomic E-state index is -2.09. The third-order valence-electron chi connectivity index (χ3n) is 13.2. The molecule has 0 amide bonds. The number of ether oxygens (including phenoxy) is 3. The van der Waals surface area contributed by atoms with E-state index in [0.717, 1.165) is 6.08 Å². The molecule has 0 bridgehead atoms. The Morgan fingerprint density at radius 1 is 1.00 bits per heavy atom. The number of hydrogen-bond donors (Lipinski definition) is 6. The lowest BCUT2D eigenvalue weighted by molar-refractivity contribution is -0.291. The molecule has 284 valence electrons. The summed E-state index contributed by atoms with van der Waals surface area (Å²) >= 11 is 0. The second-order valence-corrected chi connectivity index (χ2v) is 17.3. The molecule has 1 saturated heterocycles. The van der Waals surface area contributed by atoms with Gasteiger partial charge in [0.25, 0.3) is 0 Å². The van der Waals surface area contributed by atoms with Crippen LogP contribution in [-0.4, -0.2) is 109 Å². The number of hydrogen-bond acceptors (Lipinski definition) is 13. The van der Waals surface area contributed by atoms with Crippen LogP contribution in [0.1, 0.15) is 81.6 Å². The van der Waals surface area contributed by atoms with Crippen LogP contribution in [-0.2, 0) is 33.4 Å². The summed E-state index contributed by atoms with van der Waals surface area (Å²) in [5.41, 5.74) is -6.89. The van der Waals surface area contributed by atoms with Crippen molar-refractivity contribution in [1.29, 1.82) is 0 Å². The van der Waals surface area contributed by atoms with Gasteiger partial charge in [0.15, 0.2) is 11.5 Å². The number of ketones is 3. The molecule has 13 heteroatoms. The first-order chi connectivity index (χ1) is 23.3. The highest BCUT2D eigenvalue weighted by Crippen LogP contribution is 2.74. The molecular formula is C38H54O13. The van der Waals surface area contributed by atoms with E-state index >= 15 is 0 Å². The number of aliphatic hydroxyl groups excluding tert-OH is 4. The van der Waals surface area contributed by atoms with E-state index in [2.05, 4.69) is 0 Å². The molecule has 13 atom stereocenters. The summed E-state index contributed by atoms with van der Waals surface area (Å²) in [6.45, 7) is 14.0. The number of carbonyl (C=O) groups excluding carboxylic acids is 4.